The number of rotatable bonds is 15. The van der Waals surface area contributed by atoms with E-state index < -0.39 is 13.9 Å². The van der Waals surface area contributed by atoms with E-state index in [9.17, 15) is 9.36 Å². The molecule has 0 aliphatic rings. The normalized spacial score (nSPS) is 15.7. The summed E-state index contributed by atoms with van der Waals surface area (Å²) in [7, 11) is -3.95. The van der Waals surface area contributed by atoms with Crippen molar-refractivity contribution in [2.24, 2.45) is 17.6 Å². The molecule has 0 saturated heterocycles. The summed E-state index contributed by atoms with van der Waals surface area (Å²) in [5.74, 6) is 0.529. The quantitative estimate of drug-likeness (QED) is 0.322. The predicted molar refractivity (Wildman–Crippen MR) is 104 cm³/mol. The summed E-state index contributed by atoms with van der Waals surface area (Å²) in [6.45, 7) is 8.85. The summed E-state index contributed by atoms with van der Waals surface area (Å²) in [6.07, 6.45) is 7.00. The first-order valence-corrected chi connectivity index (χ1v) is 10.7. The van der Waals surface area contributed by atoms with Crippen molar-refractivity contribution in [2.75, 3.05) is 13.2 Å². The second-order valence-electron chi connectivity index (χ2n) is 6.28. The van der Waals surface area contributed by atoms with E-state index in [1.165, 1.54) is 0 Å². The summed E-state index contributed by atoms with van der Waals surface area (Å²) >= 11 is 0. The van der Waals surface area contributed by atoms with E-state index in [-0.39, 0.29) is 43.9 Å². The van der Waals surface area contributed by atoms with Crippen LogP contribution in [-0.2, 0) is 18.1 Å². The van der Waals surface area contributed by atoms with E-state index in [0.717, 1.165) is 51.4 Å². The number of nitrogens with two attached hydrogens (primary N) is 1. The van der Waals surface area contributed by atoms with Gasteiger partial charge in [-0.15, -0.1) is 0 Å². The van der Waals surface area contributed by atoms with E-state index in [0.29, 0.717) is 0 Å². The molecule has 0 bridgehead atoms. The molecule has 0 spiro atoms. The third-order valence-electron chi connectivity index (χ3n) is 4.23. The predicted octanol–water partition coefficient (Wildman–Crippen LogP) is 5.01. The number of hydrogen-bond donors (Lipinski definition) is 1. The number of phosphoric ester groups is 1. The van der Waals surface area contributed by atoms with Gasteiger partial charge in [0.2, 0.25) is 0 Å². The number of phosphoric acid groups is 1. The van der Waals surface area contributed by atoms with Gasteiger partial charge < -0.3 is 10.3 Å². The zero-order valence-electron chi connectivity index (χ0n) is 15.8. The second kappa shape index (κ2) is 16.2. The first-order valence-electron chi connectivity index (χ1n) is 9.28. The molecule has 0 radical (unpaired) electrons. The summed E-state index contributed by atoms with van der Waals surface area (Å²) < 4.78 is 28.1. The van der Waals surface area contributed by atoms with Crippen LogP contribution >= 0.6 is 7.82 Å². The standard InChI is InChI=1S/C17H36NO5P.Li.H/c1-5-9-11-15(7-3)13-21-24(20,23-17(18)19)22-14-16(8-4)12-10-6-2;;/h15-16H,5-14H2,1-4H3,(H2,18,19);;. The maximum atomic E-state index is 12.6. The monoisotopic (exact) mass is 373 g/mol. The van der Waals surface area contributed by atoms with Gasteiger partial charge in [-0.2, -0.15) is 0 Å². The van der Waals surface area contributed by atoms with Gasteiger partial charge in [0.05, 0.1) is 13.2 Å². The molecule has 1 amide bonds. The number of unbranched alkanes of at least 4 members (excludes halogenated alkanes) is 2. The van der Waals surface area contributed by atoms with Gasteiger partial charge in [0, 0.05) is 0 Å². The van der Waals surface area contributed by atoms with Crippen molar-refractivity contribution in [1.29, 1.82) is 0 Å². The summed E-state index contributed by atoms with van der Waals surface area (Å²) in [6, 6.07) is 0. The van der Waals surface area contributed by atoms with E-state index in [2.05, 4.69) is 32.2 Å². The fourth-order valence-corrected chi connectivity index (χ4v) is 3.58. The van der Waals surface area contributed by atoms with Crippen molar-refractivity contribution in [3.63, 3.8) is 0 Å². The van der Waals surface area contributed by atoms with Crippen molar-refractivity contribution in [1.82, 2.24) is 0 Å². The van der Waals surface area contributed by atoms with Gasteiger partial charge in [-0.3, -0.25) is 9.05 Å². The van der Waals surface area contributed by atoms with Gasteiger partial charge in [0.15, 0.2) is 0 Å². The maximum absolute atomic E-state index is 12.6. The third-order valence-corrected chi connectivity index (χ3v) is 5.56. The van der Waals surface area contributed by atoms with Gasteiger partial charge in [-0.1, -0.05) is 66.2 Å². The minimum absolute atomic E-state index is 0. The number of amides is 1. The average Bonchev–Trinajstić information content (AvgIpc) is 2.54. The fraction of sp³-hybridized carbons (Fsp3) is 0.941. The molecule has 0 aliphatic carbocycles. The number of hydrogen-bond acceptors (Lipinski definition) is 5. The Morgan fingerprint density at radius 1 is 0.920 bits per heavy atom. The molecule has 25 heavy (non-hydrogen) atoms. The zero-order chi connectivity index (χ0) is 18.4. The molecule has 0 rings (SSSR count). The van der Waals surface area contributed by atoms with E-state index >= 15 is 0 Å². The van der Waals surface area contributed by atoms with E-state index in [4.69, 9.17) is 14.8 Å². The van der Waals surface area contributed by atoms with Gasteiger partial charge in [-0.05, 0) is 24.7 Å². The van der Waals surface area contributed by atoms with Crippen molar-refractivity contribution in [2.45, 2.75) is 79.1 Å². The Kier molecular flexibility index (Phi) is 17.7. The number of primary amides is 1. The Hall–Kier alpha value is 0.0174. The van der Waals surface area contributed by atoms with Crippen LogP contribution in [0.1, 0.15) is 79.1 Å². The van der Waals surface area contributed by atoms with Gasteiger partial charge in [-0.25, -0.2) is 9.36 Å². The third kappa shape index (κ3) is 13.8. The van der Waals surface area contributed by atoms with Crippen LogP contribution in [0.25, 0.3) is 0 Å². The molecule has 0 aromatic heterocycles. The minimum atomic E-state index is -3.95. The van der Waals surface area contributed by atoms with E-state index in [1.807, 2.05) is 0 Å². The van der Waals surface area contributed by atoms with Crippen LogP contribution in [0.15, 0.2) is 0 Å². The Balaban J connectivity index is 0. The molecule has 6 nitrogen and oxygen atoms in total. The summed E-state index contributed by atoms with van der Waals surface area (Å²) in [5.41, 5.74) is 5.02. The van der Waals surface area contributed by atoms with Crippen molar-refractivity contribution >= 4 is 32.8 Å². The Morgan fingerprint density at radius 3 is 1.60 bits per heavy atom. The van der Waals surface area contributed by atoms with Crippen LogP contribution in [0.4, 0.5) is 4.79 Å². The summed E-state index contributed by atoms with van der Waals surface area (Å²) in [5, 5.41) is 0. The molecule has 0 saturated carbocycles. The Morgan fingerprint density at radius 2 is 1.32 bits per heavy atom. The van der Waals surface area contributed by atoms with Crippen LogP contribution in [0.3, 0.4) is 0 Å². The number of carbonyl (C=O) groups excluding carboxylic acids is 1. The first kappa shape index (κ1) is 27.2. The summed E-state index contributed by atoms with van der Waals surface area (Å²) in [4.78, 5) is 11.1. The average molecular weight is 373 g/mol. The van der Waals surface area contributed by atoms with Crippen LogP contribution in [0.5, 0.6) is 0 Å². The van der Waals surface area contributed by atoms with Crippen LogP contribution in [0.2, 0.25) is 0 Å². The molecule has 0 aliphatic heterocycles. The van der Waals surface area contributed by atoms with Gasteiger partial charge in [0.25, 0.3) is 0 Å². The van der Waals surface area contributed by atoms with Crippen LogP contribution < -0.4 is 5.73 Å². The molecule has 8 heteroatoms. The number of carbonyl (C=O) groups is 1. The molecule has 2 unspecified atom stereocenters. The molecule has 2 N–H and O–H groups in total. The molecule has 0 aromatic carbocycles. The molecular formula is C17H37LiNO5P. The first-order chi connectivity index (χ1) is 11.4. The van der Waals surface area contributed by atoms with Crippen LogP contribution in [-0.4, -0.2) is 38.2 Å². The van der Waals surface area contributed by atoms with Crippen LogP contribution in [0, 0.1) is 11.8 Å². The SMILES string of the molecule is CCCCC(CC)COP(=O)(OCC(CC)CCCC)OC(N)=O.[LiH]. The van der Waals surface area contributed by atoms with Gasteiger partial charge >= 0.3 is 32.8 Å². The Labute approximate surface area is 165 Å². The molecule has 0 heterocycles. The van der Waals surface area contributed by atoms with Crippen molar-refractivity contribution < 1.29 is 22.9 Å². The molecular weight excluding hydrogens is 336 g/mol. The molecule has 0 aromatic rings. The molecule has 146 valence electrons. The second-order valence-corrected chi connectivity index (χ2v) is 7.88. The zero-order valence-corrected chi connectivity index (χ0v) is 16.7. The van der Waals surface area contributed by atoms with Crippen molar-refractivity contribution in [3.8, 4) is 0 Å². The molecule has 0 fully saturated rings. The topological polar surface area (TPSA) is 87.8 Å². The van der Waals surface area contributed by atoms with Crippen molar-refractivity contribution in [3.05, 3.63) is 0 Å². The molecule has 2 atom stereocenters. The fourth-order valence-electron chi connectivity index (χ4n) is 2.39. The van der Waals surface area contributed by atoms with E-state index in [1.54, 1.807) is 0 Å². The Bertz CT molecular complexity index is 360. The van der Waals surface area contributed by atoms with Gasteiger partial charge in [0.1, 0.15) is 0 Å².